The van der Waals surface area contributed by atoms with Crippen LogP contribution in [0.4, 0.5) is 0 Å². The molecule has 0 aliphatic heterocycles. The summed E-state index contributed by atoms with van der Waals surface area (Å²) in [5.41, 5.74) is 5.34. The minimum Gasteiger partial charge on any atom is -0.492 e. The summed E-state index contributed by atoms with van der Waals surface area (Å²) in [5.74, 6) is 0.828. The first-order chi connectivity index (χ1) is 5.93. The summed E-state index contributed by atoms with van der Waals surface area (Å²) < 4.78 is 5.39. The smallest absolute Gasteiger partial charge is 0.137 e. The third-order valence-electron chi connectivity index (χ3n) is 1.50. The van der Waals surface area contributed by atoms with Gasteiger partial charge in [0.05, 0.1) is 12.8 Å². The number of aromatic nitrogens is 1. The molecule has 0 bridgehead atoms. The van der Waals surface area contributed by atoms with Crippen molar-refractivity contribution in [3.8, 4) is 5.75 Å². The highest BCUT2D eigenvalue weighted by Gasteiger charge is 1.90. The normalized spacial score (nSPS) is 9.75. The topological polar surface area (TPSA) is 48.1 Å². The molecule has 0 unspecified atom stereocenters. The highest BCUT2D eigenvalue weighted by molar-refractivity contribution is 5.15. The Kier molecular flexibility index (Phi) is 4.16. The molecule has 0 amide bonds. The first-order valence-electron chi connectivity index (χ1n) is 4.16. The van der Waals surface area contributed by atoms with Gasteiger partial charge in [0.2, 0.25) is 0 Å². The zero-order chi connectivity index (χ0) is 8.65. The van der Waals surface area contributed by atoms with Gasteiger partial charge in [-0.3, -0.25) is 4.98 Å². The molecule has 12 heavy (non-hydrogen) atoms. The van der Waals surface area contributed by atoms with Gasteiger partial charge < -0.3 is 10.5 Å². The monoisotopic (exact) mass is 166 g/mol. The average Bonchev–Trinajstić information content (AvgIpc) is 2.14. The van der Waals surface area contributed by atoms with Crippen molar-refractivity contribution in [2.45, 2.75) is 12.8 Å². The van der Waals surface area contributed by atoms with Crippen LogP contribution in [-0.2, 0) is 0 Å². The predicted molar refractivity (Wildman–Crippen MR) is 48.0 cm³/mol. The molecule has 1 rings (SSSR count). The van der Waals surface area contributed by atoms with Gasteiger partial charge in [-0.1, -0.05) is 0 Å². The summed E-state index contributed by atoms with van der Waals surface area (Å²) in [6.07, 6.45) is 5.46. The van der Waals surface area contributed by atoms with Crippen LogP contribution in [0.3, 0.4) is 0 Å². The highest BCUT2D eigenvalue weighted by Crippen LogP contribution is 2.06. The second-order valence-corrected chi connectivity index (χ2v) is 2.53. The van der Waals surface area contributed by atoms with Crippen molar-refractivity contribution in [2.24, 2.45) is 5.73 Å². The van der Waals surface area contributed by atoms with E-state index in [-0.39, 0.29) is 0 Å². The largest absolute Gasteiger partial charge is 0.492 e. The van der Waals surface area contributed by atoms with E-state index < -0.39 is 0 Å². The number of pyridine rings is 1. The Bertz CT molecular complexity index is 201. The molecule has 1 aromatic heterocycles. The van der Waals surface area contributed by atoms with Crippen molar-refractivity contribution >= 4 is 0 Å². The lowest BCUT2D eigenvalue weighted by Gasteiger charge is -2.03. The van der Waals surface area contributed by atoms with E-state index in [0.29, 0.717) is 0 Å². The van der Waals surface area contributed by atoms with Crippen LogP contribution in [-0.4, -0.2) is 18.1 Å². The van der Waals surface area contributed by atoms with E-state index in [2.05, 4.69) is 4.98 Å². The Hall–Kier alpha value is -1.09. The van der Waals surface area contributed by atoms with Gasteiger partial charge in [0.25, 0.3) is 0 Å². The number of hydrogen-bond acceptors (Lipinski definition) is 3. The average molecular weight is 166 g/mol. The standard InChI is InChI=1S/C9H14N2O/c10-5-1-2-7-12-9-4-3-6-11-8-9/h3-4,6,8H,1-2,5,7,10H2. The summed E-state index contributed by atoms with van der Waals surface area (Å²) in [6.45, 7) is 1.46. The number of rotatable bonds is 5. The number of hydrogen-bond donors (Lipinski definition) is 1. The predicted octanol–water partition coefficient (Wildman–Crippen LogP) is 1.20. The minimum absolute atomic E-state index is 0.725. The van der Waals surface area contributed by atoms with Crippen molar-refractivity contribution in [2.75, 3.05) is 13.2 Å². The first kappa shape index (κ1) is 9.00. The van der Waals surface area contributed by atoms with Crippen LogP contribution in [0.1, 0.15) is 12.8 Å². The molecular weight excluding hydrogens is 152 g/mol. The van der Waals surface area contributed by atoms with Gasteiger partial charge in [-0.05, 0) is 31.5 Å². The van der Waals surface area contributed by atoms with Crippen molar-refractivity contribution in [1.29, 1.82) is 0 Å². The molecular formula is C9H14N2O. The molecule has 1 aromatic rings. The van der Waals surface area contributed by atoms with Gasteiger partial charge >= 0.3 is 0 Å². The lowest BCUT2D eigenvalue weighted by molar-refractivity contribution is 0.306. The highest BCUT2D eigenvalue weighted by atomic mass is 16.5. The molecule has 0 aliphatic rings. The molecule has 0 radical (unpaired) electrons. The van der Waals surface area contributed by atoms with Crippen LogP contribution in [0.25, 0.3) is 0 Å². The van der Waals surface area contributed by atoms with Crippen LogP contribution < -0.4 is 10.5 Å². The van der Waals surface area contributed by atoms with Crippen LogP contribution >= 0.6 is 0 Å². The van der Waals surface area contributed by atoms with E-state index in [4.69, 9.17) is 10.5 Å². The second kappa shape index (κ2) is 5.55. The van der Waals surface area contributed by atoms with Crippen LogP contribution in [0.2, 0.25) is 0 Å². The van der Waals surface area contributed by atoms with Gasteiger partial charge in [0.15, 0.2) is 0 Å². The first-order valence-corrected chi connectivity index (χ1v) is 4.16. The summed E-state index contributed by atoms with van der Waals surface area (Å²) >= 11 is 0. The minimum atomic E-state index is 0.725. The molecule has 0 saturated heterocycles. The number of ether oxygens (including phenoxy) is 1. The van der Waals surface area contributed by atoms with Crippen LogP contribution in [0.5, 0.6) is 5.75 Å². The van der Waals surface area contributed by atoms with Gasteiger partial charge in [0.1, 0.15) is 5.75 Å². The fourth-order valence-electron chi connectivity index (χ4n) is 0.869. The summed E-state index contributed by atoms with van der Waals surface area (Å²) in [7, 11) is 0. The van der Waals surface area contributed by atoms with E-state index in [1.807, 2.05) is 12.1 Å². The molecule has 0 atom stereocenters. The Balaban J connectivity index is 2.16. The fourth-order valence-corrected chi connectivity index (χ4v) is 0.869. The lowest BCUT2D eigenvalue weighted by Crippen LogP contribution is -2.03. The molecule has 0 spiro atoms. The molecule has 66 valence electrons. The number of nitrogens with two attached hydrogens (primary N) is 1. The van der Waals surface area contributed by atoms with Gasteiger partial charge in [-0.2, -0.15) is 0 Å². The van der Waals surface area contributed by atoms with E-state index in [0.717, 1.165) is 31.7 Å². The summed E-state index contributed by atoms with van der Waals surface area (Å²) in [5, 5.41) is 0. The van der Waals surface area contributed by atoms with Gasteiger partial charge in [-0.25, -0.2) is 0 Å². The molecule has 1 heterocycles. The van der Waals surface area contributed by atoms with Crippen molar-refractivity contribution in [3.63, 3.8) is 0 Å². The maximum atomic E-state index is 5.39. The molecule has 3 nitrogen and oxygen atoms in total. The Morgan fingerprint density at radius 1 is 1.42 bits per heavy atom. The van der Waals surface area contributed by atoms with E-state index in [1.165, 1.54) is 0 Å². The van der Waals surface area contributed by atoms with Crippen molar-refractivity contribution in [1.82, 2.24) is 4.98 Å². The maximum Gasteiger partial charge on any atom is 0.137 e. The van der Waals surface area contributed by atoms with Crippen LogP contribution in [0.15, 0.2) is 24.5 Å². The summed E-state index contributed by atoms with van der Waals surface area (Å²) in [4.78, 5) is 3.93. The molecule has 0 saturated carbocycles. The lowest BCUT2D eigenvalue weighted by atomic mass is 10.3. The quantitative estimate of drug-likeness (QED) is 0.668. The Labute approximate surface area is 72.6 Å². The van der Waals surface area contributed by atoms with E-state index in [1.54, 1.807) is 12.4 Å². The summed E-state index contributed by atoms with van der Waals surface area (Å²) in [6, 6.07) is 3.76. The zero-order valence-corrected chi connectivity index (χ0v) is 7.07. The third kappa shape index (κ3) is 3.34. The second-order valence-electron chi connectivity index (χ2n) is 2.53. The number of nitrogens with zero attached hydrogens (tertiary/aromatic N) is 1. The zero-order valence-electron chi connectivity index (χ0n) is 7.07. The SMILES string of the molecule is NCCCCOc1cccnc1. The fraction of sp³-hybridized carbons (Fsp3) is 0.444. The van der Waals surface area contributed by atoms with E-state index >= 15 is 0 Å². The van der Waals surface area contributed by atoms with Crippen LogP contribution in [0, 0.1) is 0 Å². The van der Waals surface area contributed by atoms with E-state index in [9.17, 15) is 0 Å². The third-order valence-corrected chi connectivity index (χ3v) is 1.50. The molecule has 0 aliphatic carbocycles. The van der Waals surface area contributed by atoms with Crippen molar-refractivity contribution in [3.05, 3.63) is 24.5 Å². The number of unbranched alkanes of at least 4 members (excludes halogenated alkanes) is 1. The van der Waals surface area contributed by atoms with Crippen molar-refractivity contribution < 1.29 is 4.74 Å². The maximum absolute atomic E-state index is 5.39. The molecule has 0 fully saturated rings. The van der Waals surface area contributed by atoms with Gasteiger partial charge in [0, 0.05) is 6.20 Å². The molecule has 2 N–H and O–H groups in total. The molecule has 3 heteroatoms. The molecule has 0 aromatic carbocycles. The van der Waals surface area contributed by atoms with Gasteiger partial charge in [-0.15, -0.1) is 0 Å². The Morgan fingerprint density at radius 2 is 2.33 bits per heavy atom. The Morgan fingerprint density at radius 3 is 3.00 bits per heavy atom.